The fraction of sp³-hybridized carbons (Fsp3) is 0.296. The van der Waals surface area contributed by atoms with Crippen molar-refractivity contribution < 1.29 is 23.6 Å². The Morgan fingerprint density at radius 3 is 2.66 bits per heavy atom. The highest BCUT2D eigenvalue weighted by atomic mass is 32.1. The molecule has 2 aromatic heterocycles. The van der Waals surface area contributed by atoms with E-state index in [2.05, 4.69) is 25.9 Å². The Balaban J connectivity index is 1.34. The van der Waals surface area contributed by atoms with Gasteiger partial charge in [-0.25, -0.2) is 9.37 Å². The molecule has 3 atom stereocenters. The summed E-state index contributed by atoms with van der Waals surface area (Å²) in [5.74, 6) is -2.56. The average molecular weight is 536 g/mol. The summed E-state index contributed by atoms with van der Waals surface area (Å²) in [6.45, 7) is 2.24. The first-order valence-corrected chi connectivity index (χ1v) is 13.2. The van der Waals surface area contributed by atoms with Crippen LogP contribution in [0.25, 0.3) is 21.1 Å². The minimum absolute atomic E-state index is 0.112. The van der Waals surface area contributed by atoms with Crippen LogP contribution in [-0.4, -0.2) is 52.1 Å². The maximum Gasteiger partial charge on any atom is 0.268 e. The number of nitrogens with zero attached hydrogens (tertiary/aromatic N) is 1. The Bertz CT molecular complexity index is 1510. The summed E-state index contributed by atoms with van der Waals surface area (Å²) in [6.07, 6.45) is 0.930. The number of aromatic nitrogens is 2. The molecule has 0 spiro atoms. The number of fused-ring (bicyclic) bond motifs is 2. The zero-order valence-corrected chi connectivity index (χ0v) is 21.4. The number of carbonyl (C=O) groups excluding carboxylic acids is 4. The number of hydrogen-bond acceptors (Lipinski definition) is 6. The molecule has 196 valence electrons. The first kappa shape index (κ1) is 25.5. The van der Waals surface area contributed by atoms with Gasteiger partial charge in [0.2, 0.25) is 17.6 Å². The molecule has 4 aromatic rings. The molecule has 4 N–H and O–H groups in total. The third-order valence-electron chi connectivity index (χ3n) is 6.71. The molecule has 0 radical (unpaired) electrons. The van der Waals surface area contributed by atoms with E-state index < -0.39 is 35.6 Å². The van der Waals surface area contributed by atoms with E-state index in [4.69, 9.17) is 0 Å². The van der Waals surface area contributed by atoms with Crippen LogP contribution in [0.5, 0.6) is 0 Å². The van der Waals surface area contributed by atoms with Crippen LogP contribution in [-0.2, 0) is 9.59 Å². The van der Waals surface area contributed by atoms with E-state index in [1.165, 1.54) is 29.5 Å². The fourth-order valence-electron chi connectivity index (χ4n) is 4.61. The number of ketones is 1. The second-order valence-corrected chi connectivity index (χ2v) is 10.3. The van der Waals surface area contributed by atoms with E-state index in [0.717, 1.165) is 4.70 Å². The van der Waals surface area contributed by atoms with Crippen LogP contribution >= 0.6 is 11.3 Å². The lowest BCUT2D eigenvalue weighted by Gasteiger charge is -2.23. The number of para-hydroxylation sites is 1. The highest BCUT2D eigenvalue weighted by Gasteiger charge is 2.34. The van der Waals surface area contributed by atoms with Crippen LogP contribution in [0, 0.1) is 11.7 Å². The molecule has 5 rings (SSSR count). The SMILES string of the molecule is CC[C@H](NC(=O)c1cc2c(F)cccc2[nH]1)C(=O)N[C@@H](CC1CCNC1=O)C(=O)c1nc2ccccc2s1. The Hall–Kier alpha value is -4.12. The van der Waals surface area contributed by atoms with Crippen molar-refractivity contribution in [1.82, 2.24) is 25.9 Å². The number of Topliss-reactive ketones (excluding diaryl/α,β-unsaturated/α-hetero) is 1. The van der Waals surface area contributed by atoms with Crippen LogP contribution in [0.2, 0.25) is 0 Å². The minimum atomic E-state index is -0.995. The minimum Gasteiger partial charge on any atom is -0.356 e. The predicted molar refractivity (Wildman–Crippen MR) is 141 cm³/mol. The van der Waals surface area contributed by atoms with Gasteiger partial charge in [-0.05, 0) is 49.6 Å². The molecule has 3 amide bonds. The molecule has 0 aliphatic carbocycles. The number of aromatic amines is 1. The number of carbonyl (C=O) groups is 4. The van der Waals surface area contributed by atoms with E-state index in [-0.39, 0.29) is 40.6 Å². The van der Waals surface area contributed by atoms with E-state index in [9.17, 15) is 23.6 Å². The second-order valence-electron chi connectivity index (χ2n) is 9.24. The van der Waals surface area contributed by atoms with E-state index in [0.29, 0.717) is 24.0 Å². The molecule has 1 fully saturated rings. The van der Waals surface area contributed by atoms with E-state index in [1.54, 1.807) is 19.1 Å². The van der Waals surface area contributed by atoms with Crippen molar-refractivity contribution >= 4 is 56.0 Å². The van der Waals surface area contributed by atoms with Crippen molar-refractivity contribution in [2.75, 3.05) is 6.54 Å². The summed E-state index contributed by atoms with van der Waals surface area (Å²) in [7, 11) is 0. The zero-order chi connectivity index (χ0) is 26.8. The van der Waals surface area contributed by atoms with Crippen molar-refractivity contribution in [3.05, 3.63) is 65.0 Å². The summed E-state index contributed by atoms with van der Waals surface area (Å²) >= 11 is 1.23. The first-order valence-electron chi connectivity index (χ1n) is 12.4. The number of hydrogen-bond donors (Lipinski definition) is 4. The van der Waals surface area contributed by atoms with Gasteiger partial charge in [-0.2, -0.15) is 0 Å². The average Bonchev–Trinajstić information content (AvgIpc) is 3.65. The lowest BCUT2D eigenvalue weighted by molar-refractivity contribution is -0.125. The molecule has 9 nitrogen and oxygen atoms in total. The van der Waals surface area contributed by atoms with Crippen LogP contribution in [0.4, 0.5) is 4.39 Å². The molecule has 1 aliphatic heterocycles. The van der Waals surface area contributed by atoms with Gasteiger partial charge in [-0.3, -0.25) is 19.2 Å². The Morgan fingerprint density at radius 2 is 1.95 bits per heavy atom. The molecule has 1 unspecified atom stereocenters. The quantitative estimate of drug-likeness (QED) is 0.244. The fourth-order valence-corrected chi connectivity index (χ4v) is 5.57. The summed E-state index contributed by atoms with van der Waals surface area (Å²) in [5, 5.41) is 8.70. The van der Waals surface area contributed by atoms with Gasteiger partial charge in [0.15, 0.2) is 5.01 Å². The molecule has 0 bridgehead atoms. The molecular formula is C27H26FN5O4S. The third kappa shape index (κ3) is 5.14. The second kappa shape index (κ2) is 10.7. The van der Waals surface area contributed by atoms with Crippen molar-refractivity contribution in [3.8, 4) is 0 Å². The summed E-state index contributed by atoms with van der Waals surface area (Å²) in [4.78, 5) is 59.2. The molecule has 11 heteroatoms. The van der Waals surface area contributed by atoms with Gasteiger partial charge in [-0.1, -0.05) is 25.1 Å². The van der Waals surface area contributed by atoms with Gasteiger partial charge >= 0.3 is 0 Å². The molecule has 1 saturated heterocycles. The van der Waals surface area contributed by atoms with E-state index in [1.807, 2.05) is 18.2 Å². The van der Waals surface area contributed by atoms with Crippen molar-refractivity contribution in [2.45, 2.75) is 38.3 Å². The third-order valence-corrected chi connectivity index (χ3v) is 7.76. The Morgan fingerprint density at radius 1 is 1.13 bits per heavy atom. The van der Waals surface area contributed by atoms with Crippen LogP contribution in [0.3, 0.4) is 0 Å². The topological polar surface area (TPSA) is 133 Å². The number of benzene rings is 2. The summed E-state index contributed by atoms with van der Waals surface area (Å²) in [6, 6.07) is 11.3. The van der Waals surface area contributed by atoms with Crippen LogP contribution in [0.15, 0.2) is 48.5 Å². The lowest BCUT2D eigenvalue weighted by Crippen LogP contribution is -2.52. The number of amides is 3. The molecular weight excluding hydrogens is 509 g/mol. The maximum atomic E-state index is 14.1. The largest absolute Gasteiger partial charge is 0.356 e. The number of rotatable bonds is 9. The smallest absolute Gasteiger partial charge is 0.268 e. The normalized spacial score (nSPS) is 16.8. The Kier molecular flexibility index (Phi) is 7.19. The highest BCUT2D eigenvalue weighted by molar-refractivity contribution is 7.20. The molecule has 0 saturated carbocycles. The van der Waals surface area contributed by atoms with Crippen molar-refractivity contribution in [2.24, 2.45) is 5.92 Å². The monoisotopic (exact) mass is 535 g/mol. The number of nitrogens with one attached hydrogen (secondary N) is 4. The standard InChI is InChI=1S/C27H26FN5O4S/c1-2-17(31-26(37)21-13-15-16(28)6-5-8-18(15)30-21)25(36)32-20(12-14-10-11-29-24(14)35)23(34)27-33-19-7-3-4-9-22(19)38-27/h3-9,13-14,17,20,30H,2,10-12H2,1H3,(H,29,35)(H,31,37)(H,32,36)/t14?,17-,20-/m0/s1. The number of halogens is 1. The maximum absolute atomic E-state index is 14.1. The Labute approximate surface area is 221 Å². The highest BCUT2D eigenvalue weighted by Crippen LogP contribution is 2.25. The van der Waals surface area contributed by atoms with Crippen LogP contribution in [0.1, 0.15) is 46.5 Å². The molecule has 3 heterocycles. The molecule has 1 aliphatic rings. The van der Waals surface area contributed by atoms with Gasteiger partial charge in [-0.15, -0.1) is 11.3 Å². The lowest BCUT2D eigenvalue weighted by atomic mass is 9.95. The first-order chi connectivity index (χ1) is 18.3. The van der Waals surface area contributed by atoms with Crippen molar-refractivity contribution in [1.29, 1.82) is 0 Å². The zero-order valence-electron chi connectivity index (χ0n) is 20.5. The number of H-pyrrole nitrogens is 1. The van der Waals surface area contributed by atoms with Crippen LogP contribution < -0.4 is 16.0 Å². The predicted octanol–water partition coefficient (Wildman–Crippen LogP) is 3.32. The van der Waals surface area contributed by atoms with Gasteiger partial charge in [0.05, 0.1) is 16.3 Å². The van der Waals surface area contributed by atoms with Gasteiger partial charge < -0.3 is 20.9 Å². The van der Waals surface area contributed by atoms with E-state index >= 15 is 0 Å². The van der Waals surface area contributed by atoms with Gasteiger partial charge in [0.1, 0.15) is 17.6 Å². The molecule has 38 heavy (non-hydrogen) atoms. The van der Waals surface area contributed by atoms with Crippen molar-refractivity contribution in [3.63, 3.8) is 0 Å². The van der Waals surface area contributed by atoms with Gasteiger partial charge in [0.25, 0.3) is 5.91 Å². The summed E-state index contributed by atoms with van der Waals surface area (Å²) in [5.41, 5.74) is 1.25. The number of thiazole rings is 1. The molecule has 2 aromatic carbocycles. The van der Waals surface area contributed by atoms with Gasteiger partial charge in [0, 0.05) is 23.4 Å². The summed E-state index contributed by atoms with van der Waals surface area (Å²) < 4.78 is 14.9.